The lowest BCUT2D eigenvalue weighted by Gasteiger charge is -2.30. The molecule has 2 aromatic heterocycles. The second-order valence-corrected chi connectivity index (χ2v) is 6.46. The van der Waals surface area contributed by atoms with Gasteiger partial charge in [0.2, 0.25) is 0 Å². The van der Waals surface area contributed by atoms with Crippen LogP contribution < -0.4 is 16.0 Å². The van der Waals surface area contributed by atoms with E-state index < -0.39 is 5.97 Å². The Labute approximate surface area is 156 Å². The Morgan fingerprint density at radius 3 is 2.63 bits per heavy atom. The van der Waals surface area contributed by atoms with E-state index in [2.05, 4.69) is 37.8 Å². The molecule has 140 valence electrons. The van der Waals surface area contributed by atoms with Crippen molar-refractivity contribution < 1.29 is 9.90 Å². The summed E-state index contributed by atoms with van der Waals surface area (Å²) in [7, 11) is 0. The van der Waals surface area contributed by atoms with Crippen molar-refractivity contribution in [3.05, 3.63) is 35.9 Å². The Bertz CT molecular complexity index is 842. The molecule has 1 aliphatic heterocycles. The average Bonchev–Trinajstić information content (AvgIpc) is 2.69. The van der Waals surface area contributed by atoms with Gasteiger partial charge in [0.25, 0.3) is 0 Å². The summed E-state index contributed by atoms with van der Waals surface area (Å²) in [4.78, 5) is 23.7. The van der Waals surface area contributed by atoms with Crippen LogP contribution in [0.15, 0.2) is 24.7 Å². The van der Waals surface area contributed by atoms with Gasteiger partial charge in [0, 0.05) is 18.3 Å². The van der Waals surface area contributed by atoms with Gasteiger partial charge in [0.05, 0.1) is 18.1 Å². The average molecular weight is 367 g/mol. The monoisotopic (exact) mass is 367 g/mol. The zero-order chi connectivity index (χ0) is 19.2. The van der Waals surface area contributed by atoms with Crippen LogP contribution >= 0.6 is 0 Å². The van der Waals surface area contributed by atoms with Crippen molar-refractivity contribution in [2.75, 3.05) is 23.7 Å². The highest BCUT2D eigenvalue weighted by atomic mass is 16.4. The minimum absolute atomic E-state index is 0.118. The van der Waals surface area contributed by atoms with Gasteiger partial charge in [0.1, 0.15) is 23.3 Å². The largest absolute Gasteiger partial charge is 0.478 e. The van der Waals surface area contributed by atoms with Gasteiger partial charge in [-0.2, -0.15) is 5.26 Å². The summed E-state index contributed by atoms with van der Waals surface area (Å²) in [5.74, 6) is 0.301. The molecule has 27 heavy (non-hydrogen) atoms. The van der Waals surface area contributed by atoms with Crippen LogP contribution in [0.2, 0.25) is 0 Å². The number of hydrogen-bond donors (Lipinski definition) is 4. The van der Waals surface area contributed by atoms with Crippen molar-refractivity contribution in [1.29, 1.82) is 5.26 Å². The molecule has 0 aliphatic carbocycles. The maximum absolute atomic E-state index is 11.6. The third kappa shape index (κ3) is 4.68. The number of hydrogen-bond acceptors (Lipinski definition) is 8. The predicted molar refractivity (Wildman–Crippen MR) is 99.9 cm³/mol. The van der Waals surface area contributed by atoms with Gasteiger partial charge >= 0.3 is 5.97 Å². The van der Waals surface area contributed by atoms with Crippen LogP contribution in [-0.4, -0.2) is 45.2 Å². The number of carboxylic acids is 1. The van der Waals surface area contributed by atoms with Gasteiger partial charge in [-0.25, -0.2) is 19.7 Å². The highest BCUT2D eigenvalue weighted by Crippen LogP contribution is 2.25. The summed E-state index contributed by atoms with van der Waals surface area (Å²) < 4.78 is 0. The molecule has 0 saturated carbocycles. The molecular weight excluding hydrogens is 346 g/mol. The minimum atomic E-state index is -1.03. The smallest absolute Gasteiger partial charge is 0.339 e. The van der Waals surface area contributed by atoms with Gasteiger partial charge in [-0.15, -0.1) is 0 Å². The molecule has 0 radical (unpaired) electrons. The van der Waals surface area contributed by atoms with Crippen molar-refractivity contribution in [2.45, 2.75) is 25.8 Å². The van der Waals surface area contributed by atoms with Gasteiger partial charge in [-0.1, -0.05) is 0 Å². The molecule has 9 heteroatoms. The van der Waals surface area contributed by atoms with E-state index >= 15 is 0 Å². The molecule has 1 saturated heterocycles. The number of carbonyl (C=O) groups is 1. The molecule has 1 aliphatic rings. The first kappa shape index (κ1) is 18.5. The van der Waals surface area contributed by atoms with Crippen molar-refractivity contribution in [3.63, 3.8) is 0 Å². The Morgan fingerprint density at radius 2 is 2.00 bits per heavy atom. The lowest BCUT2D eigenvalue weighted by Crippen LogP contribution is -2.36. The topological polar surface area (TPSA) is 136 Å². The van der Waals surface area contributed by atoms with Crippen molar-refractivity contribution in [1.82, 2.24) is 20.3 Å². The summed E-state index contributed by atoms with van der Waals surface area (Å²) in [6.07, 6.45) is 6.20. The van der Waals surface area contributed by atoms with E-state index in [1.807, 2.05) is 6.07 Å². The second-order valence-electron chi connectivity index (χ2n) is 6.46. The number of anilines is 3. The van der Waals surface area contributed by atoms with E-state index in [1.165, 1.54) is 18.6 Å². The van der Waals surface area contributed by atoms with Crippen LogP contribution in [0, 0.1) is 17.2 Å². The molecule has 0 aromatic carbocycles. The van der Waals surface area contributed by atoms with Crippen LogP contribution in [0.25, 0.3) is 0 Å². The van der Waals surface area contributed by atoms with E-state index in [9.17, 15) is 9.90 Å². The second kappa shape index (κ2) is 8.42. The van der Waals surface area contributed by atoms with Crippen LogP contribution in [-0.2, 0) is 0 Å². The molecule has 3 heterocycles. The number of nitriles is 1. The van der Waals surface area contributed by atoms with Crippen LogP contribution in [0.3, 0.4) is 0 Å². The molecule has 9 nitrogen and oxygen atoms in total. The molecule has 4 N–H and O–H groups in total. The van der Waals surface area contributed by atoms with Gasteiger partial charge in [-0.3, -0.25) is 0 Å². The third-order valence-electron chi connectivity index (χ3n) is 4.63. The van der Waals surface area contributed by atoms with E-state index in [0.717, 1.165) is 25.9 Å². The van der Waals surface area contributed by atoms with Crippen LogP contribution in [0.4, 0.5) is 17.3 Å². The molecule has 1 unspecified atom stereocenters. The number of nitrogens with one attached hydrogen (secondary N) is 3. The molecule has 3 rings (SSSR count). The number of pyridine rings is 1. The molecule has 1 fully saturated rings. The molecule has 2 aromatic rings. The Hall–Kier alpha value is -3.25. The lowest BCUT2D eigenvalue weighted by molar-refractivity contribution is 0.0697. The van der Waals surface area contributed by atoms with Gasteiger partial charge < -0.3 is 21.1 Å². The first-order valence-corrected chi connectivity index (χ1v) is 8.76. The zero-order valence-corrected chi connectivity index (χ0v) is 14.9. The number of aromatic carboxylic acids is 1. The highest BCUT2D eigenvalue weighted by molar-refractivity contribution is 5.94. The molecule has 0 amide bonds. The normalized spacial score (nSPS) is 15.6. The minimum Gasteiger partial charge on any atom is -0.478 e. The van der Waals surface area contributed by atoms with E-state index in [0.29, 0.717) is 23.2 Å². The predicted octanol–water partition coefficient (Wildman–Crippen LogP) is 1.99. The molecule has 0 spiro atoms. The molecule has 0 bridgehead atoms. The summed E-state index contributed by atoms with van der Waals surface area (Å²) >= 11 is 0. The summed E-state index contributed by atoms with van der Waals surface area (Å²) in [5.41, 5.74) is 0.841. The van der Waals surface area contributed by atoms with Crippen LogP contribution in [0.1, 0.15) is 35.8 Å². The standard InChI is InChI=1S/C18H21N7O2/c1-11(12-2-4-20-5-3-12)24-15-6-16(23-9-14(15)18(26)27)25-17-10-21-13(7-19)8-22-17/h6,8-12,20H,2-5H2,1H3,(H,26,27)(H2,22,23,24,25). The maximum atomic E-state index is 11.6. The number of piperidine rings is 1. The van der Waals surface area contributed by atoms with E-state index in [1.54, 1.807) is 6.07 Å². The molecule has 1 atom stereocenters. The molecular formula is C18H21N7O2. The Balaban J connectivity index is 1.79. The Kier molecular flexibility index (Phi) is 5.78. The lowest BCUT2D eigenvalue weighted by atomic mass is 9.91. The van der Waals surface area contributed by atoms with E-state index in [4.69, 9.17) is 5.26 Å². The first-order chi connectivity index (χ1) is 13.1. The fourth-order valence-corrected chi connectivity index (χ4v) is 3.10. The fourth-order valence-electron chi connectivity index (χ4n) is 3.10. The fraction of sp³-hybridized carbons (Fsp3) is 0.389. The Morgan fingerprint density at radius 1 is 1.26 bits per heavy atom. The van der Waals surface area contributed by atoms with E-state index in [-0.39, 0.29) is 17.3 Å². The third-order valence-corrected chi connectivity index (χ3v) is 4.63. The zero-order valence-electron chi connectivity index (χ0n) is 14.9. The highest BCUT2D eigenvalue weighted by Gasteiger charge is 2.22. The number of nitrogens with zero attached hydrogens (tertiary/aromatic N) is 4. The first-order valence-electron chi connectivity index (χ1n) is 8.76. The SMILES string of the molecule is CC(Nc1cc(Nc2cnc(C#N)cn2)ncc1C(=O)O)C1CCNCC1. The van der Waals surface area contributed by atoms with Crippen LogP contribution in [0.5, 0.6) is 0 Å². The maximum Gasteiger partial charge on any atom is 0.339 e. The van der Waals surface area contributed by atoms with Crippen molar-refractivity contribution in [3.8, 4) is 6.07 Å². The van der Waals surface area contributed by atoms with Crippen molar-refractivity contribution >= 4 is 23.3 Å². The summed E-state index contributed by atoms with van der Waals surface area (Å²) in [5, 5.41) is 27.9. The quantitative estimate of drug-likeness (QED) is 0.604. The number of aromatic nitrogens is 3. The van der Waals surface area contributed by atoms with Gasteiger partial charge in [-0.05, 0) is 38.8 Å². The summed E-state index contributed by atoms with van der Waals surface area (Å²) in [6.45, 7) is 4.02. The summed E-state index contributed by atoms with van der Waals surface area (Å²) in [6, 6.07) is 3.69. The van der Waals surface area contributed by atoms with Gasteiger partial charge in [0.15, 0.2) is 5.69 Å². The number of carboxylic acid groups (broad SMARTS) is 1. The number of rotatable bonds is 6. The van der Waals surface area contributed by atoms with Crippen molar-refractivity contribution in [2.24, 2.45) is 5.92 Å².